The van der Waals surface area contributed by atoms with E-state index in [4.69, 9.17) is 28.6 Å². The van der Waals surface area contributed by atoms with Gasteiger partial charge < -0.3 is 10.1 Å². The number of benzene rings is 2. The summed E-state index contributed by atoms with van der Waals surface area (Å²) in [6.45, 7) is 0. The van der Waals surface area contributed by atoms with Crippen LogP contribution in [0.1, 0.15) is 0 Å². The number of non-ortho nitro benzene ring substituents is 1. The molecule has 1 N–H and O–H groups in total. The highest BCUT2D eigenvalue weighted by atomic mass is 35.5. The van der Waals surface area contributed by atoms with Gasteiger partial charge in [-0.15, -0.1) is 5.10 Å². The average Bonchev–Trinajstić information content (AvgIpc) is 3.07. The first-order valence-corrected chi connectivity index (χ1v) is 10.6. The highest BCUT2D eigenvalue weighted by molar-refractivity contribution is 8.01. The molecule has 0 aliphatic rings. The molecule has 0 atom stereocenters. The molecule has 12 heteroatoms. The quantitative estimate of drug-likeness (QED) is 0.226. The van der Waals surface area contributed by atoms with E-state index in [1.165, 1.54) is 48.4 Å². The fourth-order valence-electron chi connectivity index (χ4n) is 2.27. The number of rotatable bonds is 7. The third-order valence-corrected chi connectivity index (χ3v) is 6.21. The second-order valence-corrected chi connectivity index (χ2v) is 8.78. The lowest BCUT2D eigenvalue weighted by Gasteiger charge is -2.09. The van der Waals surface area contributed by atoms with Crippen LogP contribution in [0, 0.1) is 14.1 Å². The van der Waals surface area contributed by atoms with Gasteiger partial charge in [-0.2, -0.15) is 0 Å². The molecule has 1 heterocycles. The largest absolute Gasteiger partial charge is 0.494 e. The summed E-state index contributed by atoms with van der Waals surface area (Å²) in [5.41, 5.74) is 1.01. The number of hydrogen-bond acceptors (Lipinski definition) is 8. The number of nitrogens with one attached hydrogen (secondary N) is 1. The van der Waals surface area contributed by atoms with Crippen molar-refractivity contribution in [1.29, 1.82) is 0 Å². The molecular formula is C17H13ClN4O4S3. The minimum atomic E-state index is -0.533. The lowest BCUT2D eigenvalue weighted by atomic mass is 10.2. The number of carbonyl (C=O) groups is 1. The molecule has 1 amide bonds. The molecule has 8 nitrogen and oxygen atoms in total. The average molecular weight is 469 g/mol. The van der Waals surface area contributed by atoms with Crippen molar-refractivity contribution in [3.8, 4) is 11.4 Å². The van der Waals surface area contributed by atoms with Crippen LogP contribution in [0.2, 0.25) is 5.02 Å². The van der Waals surface area contributed by atoms with E-state index in [1.807, 2.05) is 0 Å². The number of anilines is 1. The van der Waals surface area contributed by atoms with Gasteiger partial charge in [-0.3, -0.25) is 14.9 Å². The summed E-state index contributed by atoms with van der Waals surface area (Å²) < 4.78 is 7.90. The first-order chi connectivity index (χ1) is 13.9. The van der Waals surface area contributed by atoms with Gasteiger partial charge in [-0.25, -0.2) is 4.68 Å². The normalized spacial score (nSPS) is 10.6. The molecule has 0 fully saturated rings. The highest BCUT2D eigenvalue weighted by Crippen LogP contribution is 2.30. The minimum Gasteiger partial charge on any atom is -0.494 e. The summed E-state index contributed by atoms with van der Waals surface area (Å²) in [4.78, 5) is 22.6. The van der Waals surface area contributed by atoms with E-state index in [2.05, 4.69) is 10.4 Å². The molecule has 0 spiro atoms. The Morgan fingerprint density at radius 3 is 2.76 bits per heavy atom. The molecule has 0 bridgehead atoms. The van der Waals surface area contributed by atoms with Gasteiger partial charge in [0, 0.05) is 11.1 Å². The van der Waals surface area contributed by atoms with E-state index in [0.717, 1.165) is 5.69 Å². The molecule has 0 saturated carbocycles. The number of thioether (sulfide) groups is 1. The fourth-order valence-corrected chi connectivity index (χ4v) is 4.56. The van der Waals surface area contributed by atoms with Gasteiger partial charge in [0.15, 0.2) is 8.29 Å². The summed E-state index contributed by atoms with van der Waals surface area (Å²) in [5.74, 6) is -0.00944. The molecular weight excluding hydrogens is 456 g/mol. The molecule has 3 rings (SSSR count). The number of nitro groups is 1. The predicted octanol–water partition coefficient (Wildman–Crippen LogP) is 4.96. The third-order valence-electron chi connectivity index (χ3n) is 3.60. The Hall–Kier alpha value is -2.47. The Kier molecular flexibility index (Phi) is 6.85. The van der Waals surface area contributed by atoms with Gasteiger partial charge in [0.05, 0.1) is 35.2 Å². The van der Waals surface area contributed by atoms with E-state index in [-0.39, 0.29) is 23.1 Å². The third kappa shape index (κ3) is 5.32. The number of nitrogens with zero attached hydrogens (tertiary/aromatic N) is 3. The van der Waals surface area contributed by atoms with E-state index < -0.39 is 4.92 Å². The van der Waals surface area contributed by atoms with Gasteiger partial charge >= 0.3 is 0 Å². The van der Waals surface area contributed by atoms with E-state index in [9.17, 15) is 14.9 Å². The fraction of sp³-hybridized carbons (Fsp3) is 0.118. The predicted molar refractivity (Wildman–Crippen MR) is 116 cm³/mol. The number of carbonyl (C=O) groups excluding carboxylic acids is 1. The van der Waals surface area contributed by atoms with Crippen LogP contribution >= 0.6 is 46.9 Å². The topological polar surface area (TPSA) is 99.3 Å². The summed E-state index contributed by atoms with van der Waals surface area (Å²) in [5, 5.41) is 18.6. The van der Waals surface area contributed by atoms with Crippen molar-refractivity contribution in [2.75, 3.05) is 18.2 Å². The standard InChI is InChI=1S/C17H13ClN4O4S3/c1-26-14-8-12(22(24)25)6-7-13(14)19-15(23)9-28-16-20-21(17(27)29-16)11-4-2-10(18)3-5-11/h2-8H,9H2,1H3,(H,19,23). The van der Waals surface area contributed by atoms with E-state index in [1.54, 1.807) is 28.9 Å². The molecule has 150 valence electrons. The smallest absolute Gasteiger partial charge is 0.273 e. The van der Waals surface area contributed by atoms with Crippen LogP contribution in [0.15, 0.2) is 46.8 Å². The molecule has 0 saturated heterocycles. The second-order valence-electron chi connectivity index (χ2n) is 5.50. The maximum absolute atomic E-state index is 12.3. The number of halogens is 1. The zero-order valence-electron chi connectivity index (χ0n) is 14.8. The monoisotopic (exact) mass is 468 g/mol. The van der Waals surface area contributed by atoms with Crippen molar-refractivity contribution in [1.82, 2.24) is 9.78 Å². The van der Waals surface area contributed by atoms with Crippen LogP contribution in [0.5, 0.6) is 5.75 Å². The Bertz CT molecular complexity index is 1110. The van der Waals surface area contributed by atoms with Crippen LogP contribution in [0.3, 0.4) is 0 Å². The number of nitro benzene ring substituents is 1. The van der Waals surface area contributed by atoms with Crippen molar-refractivity contribution in [2.45, 2.75) is 4.34 Å². The zero-order valence-corrected chi connectivity index (χ0v) is 18.0. The zero-order chi connectivity index (χ0) is 21.0. The summed E-state index contributed by atoms with van der Waals surface area (Å²) in [6.07, 6.45) is 0. The van der Waals surface area contributed by atoms with Crippen molar-refractivity contribution in [2.24, 2.45) is 0 Å². The maximum atomic E-state index is 12.3. The van der Waals surface area contributed by atoms with Crippen LogP contribution in [-0.4, -0.2) is 33.5 Å². The summed E-state index contributed by atoms with van der Waals surface area (Å²) in [7, 11) is 1.37. The molecule has 29 heavy (non-hydrogen) atoms. The van der Waals surface area contributed by atoms with Crippen molar-refractivity contribution in [3.05, 3.63) is 61.6 Å². The maximum Gasteiger partial charge on any atom is 0.273 e. The molecule has 0 aliphatic carbocycles. The first-order valence-electron chi connectivity index (χ1n) is 7.98. The van der Waals surface area contributed by atoms with Crippen LogP contribution < -0.4 is 10.1 Å². The van der Waals surface area contributed by atoms with Gasteiger partial charge in [0.2, 0.25) is 5.91 Å². The van der Waals surface area contributed by atoms with Crippen LogP contribution in [-0.2, 0) is 4.79 Å². The van der Waals surface area contributed by atoms with Gasteiger partial charge in [0.25, 0.3) is 5.69 Å². The first kappa shape index (κ1) is 21.2. The number of hydrogen-bond donors (Lipinski definition) is 1. The number of aromatic nitrogens is 2. The summed E-state index contributed by atoms with van der Waals surface area (Å²) in [6, 6.07) is 11.1. The molecule has 0 aliphatic heterocycles. The lowest BCUT2D eigenvalue weighted by Crippen LogP contribution is -2.14. The number of ether oxygens (including phenoxy) is 1. The Labute approximate surface area is 183 Å². The second kappa shape index (κ2) is 9.35. The Morgan fingerprint density at radius 1 is 1.38 bits per heavy atom. The summed E-state index contributed by atoms with van der Waals surface area (Å²) >= 11 is 13.8. The van der Waals surface area contributed by atoms with Crippen LogP contribution in [0.4, 0.5) is 11.4 Å². The minimum absolute atomic E-state index is 0.0864. The van der Waals surface area contributed by atoms with E-state index in [0.29, 0.717) is 19.0 Å². The molecule has 1 aromatic heterocycles. The lowest BCUT2D eigenvalue weighted by molar-refractivity contribution is -0.384. The van der Waals surface area contributed by atoms with Crippen molar-refractivity contribution < 1.29 is 14.5 Å². The molecule has 3 aromatic rings. The number of amides is 1. The van der Waals surface area contributed by atoms with Gasteiger partial charge in [-0.05, 0) is 42.5 Å². The van der Waals surface area contributed by atoms with Crippen LogP contribution in [0.25, 0.3) is 5.69 Å². The molecule has 0 unspecified atom stereocenters. The van der Waals surface area contributed by atoms with Gasteiger partial charge in [0.1, 0.15) is 5.75 Å². The van der Waals surface area contributed by atoms with Crippen molar-refractivity contribution >= 4 is 64.2 Å². The van der Waals surface area contributed by atoms with Gasteiger partial charge in [-0.1, -0.05) is 34.7 Å². The molecule has 2 aromatic carbocycles. The number of methoxy groups -OCH3 is 1. The Morgan fingerprint density at radius 2 is 2.10 bits per heavy atom. The SMILES string of the molecule is COc1cc([N+](=O)[O-])ccc1NC(=O)CSc1nn(-c2ccc(Cl)cc2)c(=S)s1. The molecule has 0 radical (unpaired) electrons. The Balaban J connectivity index is 1.66. The van der Waals surface area contributed by atoms with E-state index >= 15 is 0 Å². The highest BCUT2D eigenvalue weighted by Gasteiger charge is 2.14. The van der Waals surface area contributed by atoms with Crippen molar-refractivity contribution in [3.63, 3.8) is 0 Å².